The van der Waals surface area contributed by atoms with Gasteiger partial charge in [0.25, 0.3) is 5.78 Å². The van der Waals surface area contributed by atoms with E-state index in [1.54, 1.807) is 30.3 Å². The number of para-hydroxylation sites is 1. The number of alkyl halides is 3. The smallest absolute Gasteiger partial charge is 0.360 e. The fourth-order valence-corrected chi connectivity index (χ4v) is 2.96. The molecule has 0 unspecified atom stereocenters. The first-order valence-electron chi connectivity index (χ1n) is 7.47. The number of H-pyrrole nitrogens is 1. The van der Waals surface area contributed by atoms with E-state index in [9.17, 15) is 22.8 Å². The van der Waals surface area contributed by atoms with Crippen LogP contribution in [0.15, 0.2) is 59.2 Å². The number of hydrogen-bond acceptors (Lipinski definition) is 2. The third-order valence-corrected chi connectivity index (χ3v) is 4.27. The zero-order valence-electron chi connectivity index (χ0n) is 13.1. The van der Waals surface area contributed by atoms with Crippen molar-refractivity contribution in [2.24, 2.45) is 0 Å². The molecule has 1 aromatic heterocycles. The van der Waals surface area contributed by atoms with Crippen molar-refractivity contribution in [1.29, 1.82) is 0 Å². The second-order valence-electron chi connectivity index (χ2n) is 5.51. The molecule has 0 aliphatic carbocycles. The molecule has 1 N–H and O–H groups in total. The molecule has 7 heteroatoms. The summed E-state index contributed by atoms with van der Waals surface area (Å²) in [4.78, 5) is 26.4. The normalized spacial score (nSPS) is 12.0. The minimum Gasteiger partial charge on any atom is -0.360 e. The Balaban J connectivity index is 1.95. The van der Waals surface area contributed by atoms with Crippen LogP contribution in [0, 0.1) is 0 Å². The summed E-state index contributed by atoms with van der Waals surface area (Å²) in [6, 6.07) is 11.5. The number of hydrogen-bond donors (Lipinski definition) is 1. The minimum atomic E-state index is -4.95. The first kappa shape index (κ1) is 18.1. The van der Waals surface area contributed by atoms with Crippen molar-refractivity contribution in [3.8, 4) is 0 Å². The maximum Gasteiger partial charge on any atom is 0.454 e. The standard InChI is InChI=1S/C19H11BrF3NO2/c20-13-5-1-4-12(9-13)16(25)8-7-11-3-2-6-14-15(10-24-17(11)14)18(26)19(21,22)23/h1-10,24H/b8-7+. The highest BCUT2D eigenvalue weighted by molar-refractivity contribution is 9.10. The third-order valence-electron chi connectivity index (χ3n) is 3.77. The molecule has 26 heavy (non-hydrogen) atoms. The van der Waals surface area contributed by atoms with Crippen molar-refractivity contribution in [3.63, 3.8) is 0 Å². The molecule has 0 saturated carbocycles. The number of halogens is 4. The van der Waals surface area contributed by atoms with Crippen LogP contribution in [0.3, 0.4) is 0 Å². The maximum absolute atomic E-state index is 12.7. The van der Waals surface area contributed by atoms with E-state index in [0.29, 0.717) is 16.6 Å². The molecule has 0 atom stereocenters. The number of allylic oxidation sites excluding steroid dienone is 1. The molecule has 0 radical (unpaired) electrons. The summed E-state index contributed by atoms with van der Waals surface area (Å²) in [5.74, 6) is -2.16. The van der Waals surface area contributed by atoms with E-state index >= 15 is 0 Å². The van der Waals surface area contributed by atoms with Gasteiger partial charge >= 0.3 is 6.18 Å². The van der Waals surface area contributed by atoms with Crippen LogP contribution in [0.4, 0.5) is 13.2 Å². The molecular formula is C19H11BrF3NO2. The molecule has 132 valence electrons. The SMILES string of the molecule is O=C(/C=C/c1cccc2c(C(=O)C(F)(F)F)c[nH]c12)c1cccc(Br)c1. The average molecular weight is 422 g/mol. The molecule has 1 heterocycles. The van der Waals surface area contributed by atoms with Crippen LogP contribution in [0.1, 0.15) is 26.3 Å². The number of benzene rings is 2. The lowest BCUT2D eigenvalue weighted by molar-refractivity contribution is -0.0884. The van der Waals surface area contributed by atoms with Crippen LogP contribution in [-0.2, 0) is 0 Å². The van der Waals surface area contributed by atoms with Gasteiger partial charge in [0, 0.05) is 21.6 Å². The van der Waals surface area contributed by atoms with E-state index in [2.05, 4.69) is 20.9 Å². The highest BCUT2D eigenvalue weighted by Crippen LogP contribution is 2.29. The topological polar surface area (TPSA) is 49.9 Å². The molecule has 2 aromatic carbocycles. The number of carbonyl (C=O) groups is 2. The number of ketones is 2. The molecule has 0 aliphatic heterocycles. The lowest BCUT2D eigenvalue weighted by atomic mass is 10.0. The van der Waals surface area contributed by atoms with Gasteiger partial charge in [0.15, 0.2) is 5.78 Å². The fourth-order valence-electron chi connectivity index (χ4n) is 2.56. The number of nitrogens with one attached hydrogen (secondary N) is 1. The summed E-state index contributed by atoms with van der Waals surface area (Å²) in [6.45, 7) is 0. The number of Topliss-reactive ketones (excluding diaryl/α,β-unsaturated/α-hetero) is 1. The fraction of sp³-hybridized carbons (Fsp3) is 0.0526. The van der Waals surface area contributed by atoms with Crippen molar-refractivity contribution in [2.75, 3.05) is 0 Å². The molecule has 3 nitrogen and oxygen atoms in total. The van der Waals surface area contributed by atoms with E-state index in [-0.39, 0.29) is 11.2 Å². The summed E-state index contributed by atoms with van der Waals surface area (Å²) >= 11 is 3.29. The Labute approximate surface area is 154 Å². The average Bonchev–Trinajstić information content (AvgIpc) is 3.02. The van der Waals surface area contributed by atoms with Gasteiger partial charge in [-0.1, -0.05) is 46.3 Å². The van der Waals surface area contributed by atoms with Crippen LogP contribution in [0.25, 0.3) is 17.0 Å². The van der Waals surface area contributed by atoms with Crippen LogP contribution in [0.2, 0.25) is 0 Å². The predicted molar refractivity (Wildman–Crippen MR) is 96.2 cm³/mol. The quantitative estimate of drug-likeness (QED) is 0.442. The van der Waals surface area contributed by atoms with Crippen molar-refractivity contribution < 1.29 is 22.8 Å². The number of aromatic amines is 1. The largest absolute Gasteiger partial charge is 0.454 e. The van der Waals surface area contributed by atoms with Crippen LogP contribution >= 0.6 is 15.9 Å². The molecule has 0 saturated heterocycles. The zero-order chi connectivity index (χ0) is 18.9. The van der Waals surface area contributed by atoms with Gasteiger partial charge in [-0.3, -0.25) is 9.59 Å². The van der Waals surface area contributed by atoms with E-state index in [1.165, 1.54) is 24.3 Å². The Morgan fingerprint density at radius 3 is 2.50 bits per heavy atom. The molecule has 3 aromatic rings. The van der Waals surface area contributed by atoms with Crippen LogP contribution < -0.4 is 0 Å². The maximum atomic E-state index is 12.7. The molecular weight excluding hydrogens is 411 g/mol. The summed E-state index contributed by atoms with van der Waals surface area (Å²) in [6.07, 6.45) is -1.07. The molecule has 0 spiro atoms. The first-order chi connectivity index (χ1) is 12.3. The minimum absolute atomic E-state index is 0.157. The van der Waals surface area contributed by atoms with E-state index in [1.807, 2.05) is 0 Å². The number of rotatable bonds is 4. The Morgan fingerprint density at radius 1 is 1.08 bits per heavy atom. The van der Waals surface area contributed by atoms with Gasteiger partial charge < -0.3 is 4.98 Å². The van der Waals surface area contributed by atoms with Crippen molar-refractivity contribution in [1.82, 2.24) is 4.98 Å². The Hall–Kier alpha value is -2.67. The summed E-state index contributed by atoms with van der Waals surface area (Å²) in [5, 5.41) is 0.157. The second kappa shape index (κ2) is 6.92. The number of carbonyl (C=O) groups excluding carboxylic acids is 2. The van der Waals surface area contributed by atoms with Gasteiger partial charge in [0.1, 0.15) is 0 Å². The molecule has 0 fully saturated rings. The van der Waals surface area contributed by atoms with Crippen LogP contribution in [-0.4, -0.2) is 22.7 Å². The van der Waals surface area contributed by atoms with Gasteiger partial charge in [-0.2, -0.15) is 13.2 Å². The highest BCUT2D eigenvalue weighted by atomic mass is 79.9. The monoisotopic (exact) mass is 421 g/mol. The number of aromatic nitrogens is 1. The zero-order valence-corrected chi connectivity index (χ0v) is 14.7. The van der Waals surface area contributed by atoms with Crippen molar-refractivity contribution in [3.05, 3.63) is 75.9 Å². The third kappa shape index (κ3) is 3.62. The highest BCUT2D eigenvalue weighted by Gasteiger charge is 2.40. The Kier molecular flexibility index (Phi) is 4.82. The van der Waals surface area contributed by atoms with E-state index in [4.69, 9.17) is 0 Å². The summed E-state index contributed by atoms with van der Waals surface area (Å²) < 4.78 is 38.8. The van der Waals surface area contributed by atoms with Crippen LogP contribution in [0.5, 0.6) is 0 Å². The molecule has 0 aliphatic rings. The van der Waals surface area contributed by atoms with Gasteiger partial charge in [0.05, 0.1) is 11.1 Å². The summed E-state index contributed by atoms with van der Waals surface area (Å²) in [7, 11) is 0. The molecule has 0 amide bonds. The Morgan fingerprint density at radius 2 is 1.81 bits per heavy atom. The van der Waals surface area contributed by atoms with Gasteiger partial charge in [-0.25, -0.2) is 0 Å². The van der Waals surface area contributed by atoms with Gasteiger partial charge in [0.2, 0.25) is 0 Å². The first-order valence-corrected chi connectivity index (χ1v) is 8.26. The molecule has 3 rings (SSSR count). The van der Waals surface area contributed by atoms with Crippen molar-refractivity contribution in [2.45, 2.75) is 6.18 Å². The number of fused-ring (bicyclic) bond motifs is 1. The van der Waals surface area contributed by atoms with E-state index in [0.717, 1.165) is 10.7 Å². The lowest BCUT2D eigenvalue weighted by Crippen LogP contribution is -2.22. The summed E-state index contributed by atoms with van der Waals surface area (Å²) in [5.41, 5.74) is 0.897. The van der Waals surface area contributed by atoms with Gasteiger partial charge in [-0.05, 0) is 29.8 Å². The lowest BCUT2D eigenvalue weighted by Gasteiger charge is -2.04. The second-order valence-corrected chi connectivity index (χ2v) is 6.42. The molecule has 0 bridgehead atoms. The Bertz CT molecular complexity index is 1030. The van der Waals surface area contributed by atoms with E-state index < -0.39 is 17.5 Å². The predicted octanol–water partition coefficient (Wildman–Crippen LogP) is 5.57. The van der Waals surface area contributed by atoms with Crippen molar-refractivity contribution >= 4 is 44.5 Å². The van der Waals surface area contributed by atoms with Gasteiger partial charge in [-0.15, -0.1) is 0 Å².